The monoisotopic (exact) mass is 452 g/mol. The van der Waals surface area contributed by atoms with Gasteiger partial charge in [-0.05, 0) is 38.0 Å². The van der Waals surface area contributed by atoms with Gasteiger partial charge in [0, 0.05) is 53.5 Å². The number of pyridine rings is 1. The molecule has 2 heterocycles. The Morgan fingerprint density at radius 3 is 2.80 bits per heavy atom. The summed E-state index contributed by atoms with van der Waals surface area (Å²) < 4.78 is 25.1. The van der Waals surface area contributed by atoms with Crippen molar-refractivity contribution in [3.05, 3.63) is 57.6 Å². The maximum absolute atomic E-state index is 13.9. The summed E-state index contributed by atoms with van der Waals surface area (Å²) in [6.45, 7) is 3.10. The molecule has 1 aromatic carbocycles. The van der Waals surface area contributed by atoms with Crippen LogP contribution in [0, 0.1) is 5.82 Å². The molecule has 0 radical (unpaired) electrons. The van der Waals surface area contributed by atoms with Gasteiger partial charge in [0.1, 0.15) is 11.9 Å². The summed E-state index contributed by atoms with van der Waals surface area (Å²) in [6, 6.07) is 4.53. The van der Waals surface area contributed by atoms with E-state index in [1.165, 1.54) is 18.3 Å². The summed E-state index contributed by atoms with van der Waals surface area (Å²) in [5.41, 5.74) is 13.5. The third-order valence-electron chi connectivity index (χ3n) is 4.80. The predicted octanol–water partition coefficient (Wildman–Crippen LogP) is 4.80. The fraction of sp³-hybridized carbons (Fsp3) is 0.333. The Balaban J connectivity index is 1.82. The number of aliphatic imine (C=N–C) groups is 1. The number of nitrogens with two attached hydrogens (primary N) is 2. The van der Waals surface area contributed by atoms with Gasteiger partial charge < -0.3 is 20.9 Å². The number of nitrogen functional groups attached to an aromatic ring is 1. The first-order chi connectivity index (χ1) is 14.4. The number of halogens is 3. The van der Waals surface area contributed by atoms with E-state index in [0.717, 1.165) is 12.8 Å². The van der Waals surface area contributed by atoms with Gasteiger partial charge in [-0.15, -0.1) is 0 Å². The van der Waals surface area contributed by atoms with E-state index >= 15 is 0 Å². The summed E-state index contributed by atoms with van der Waals surface area (Å²) in [6.07, 6.45) is 5.83. The lowest BCUT2D eigenvalue weighted by Gasteiger charge is -2.19. The highest BCUT2D eigenvalue weighted by molar-refractivity contribution is 6.36. The molecular weight excluding hydrogens is 430 g/mol. The van der Waals surface area contributed by atoms with Crippen LogP contribution in [0.15, 0.2) is 35.6 Å². The molecule has 1 aliphatic rings. The van der Waals surface area contributed by atoms with Crippen molar-refractivity contribution < 1.29 is 13.9 Å². The number of hydrogen-bond acceptors (Lipinski definition) is 6. The standard InChI is InChI=1S/C21H23Cl2FN4O2/c1-12(19-16(22)2-3-17(24)20(19)23)30-18-8-13(10-28-21(18)26)14(9-25)11-27-15-4-6-29-7-5-15/h2-3,8-12,15H,4-7,25H2,1H3,(H2,26,28)/t12-/m1/s1. The molecule has 1 fully saturated rings. The van der Waals surface area contributed by atoms with Gasteiger partial charge in [-0.3, -0.25) is 4.99 Å². The van der Waals surface area contributed by atoms with Crippen LogP contribution in [0.1, 0.15) is 37.0 Å². The topological polar surface area (TPSA) is 95.8 Å². The average Bonchev–Trinajstić information content (AvgIpc) is 2.74. The van der Waals surface area contributed by atoms with Crippen molar-refractivity contribution in [1.82, 2.24) is 4.98 Å². The molecule has 3 rings (SSSR count). The molecule has 1 saturated heterocycles. The molecule has 1 atom stereocenters. The minimum Gasteiger partial charge on any atom is -0.482 e. The number of aromatic nitrogens is 1. The second kappa shape index (κ2) is 10.1. The van der Waals surface area contributed by atoms with E-state index in [4.69, 9.17) is 44.1 Å². The van der Waals surface area contributed by atoms with Gasteiger partial charge in [0.05, 0.1) is 11.1 Å². The van der Waals surface area contributed by atoms with Gasteiger partial charge in [0.25, 0.3) is 0 Å². The van der Waals surface area contributed by atoms with Crippen LogP contribution in [-0.4, -0.2) is 30.5 Å². The zero-order valence-electron chi connectivity index (χ0n) is 16.4. The second-order valence-electron chi connectivity index (χ2n) is 6.87. The Labute approximate surface area is 184 Å². The molecule has 2 aromatic rings. The molecule has 30 heavy (non-hydrogen) atoms. The third-order valence-corrected chi connectivity index (χ3v) is 5.51. The molecule has 0 amide bonds. The Morgan fingerprint density at radius 1 is 1.37 bits per heavy atom. The summed E-state index contributed by atoms with van der Waals surface area (Å²) in [5, 5.41) is 0.201. The van der Waals surface area contributed by atoms with Crippen LogP contribution in [0.5, 0.6) is 5.75 Å². The van der Waals surface area contributed by atoms with Crippen LogP contribution in [0.4, 0.5) is 10.2 Å². The predicted molar refractivity (Wildman–Crippen MR) is 119 cm³/mol. The van der Waals surface area contributed by atoms with Crippen molar-refractivity contribution in [3.63, 3.8) is 0 Å². The minimum atomic E-state index is -0.665. The summed E-state index contributed by atoms with van der Waals surface area (Å²) in [5.74, 6) is -0.105. The first-order valence-corrected chi connectivity index (χ1v) is 10.2. The van der Waals surface area contributed by atoms with E-state index in [1.54, 1.807) is 25.4 Å². The third kappa shape index (κ3) is 5.22. The fourth-order valence-corrected chi connectivity index (χ4v) is 3.78. The smallest absolute Gasteiger partial charge is 0.166 e. The summed E-state index contributed by atoms with van der Waals surface area (Å²) in [7, 11) is 0. The number of ether oxygens (including phenoxy) is 2. The first-order valence-electron chi connectivity index (χ1n) is 9.49. The highest BCUT2D eigenvalue weighted by Crippen LogP contribution is 2.36. The Hall–Kier alpha value is -2.35. The molecule has 160 valence electrons. The van der Waals surface area contributed by atoms with Crippen LogP contribution in [0.25, 0.3) is 5.57 Å². The lowest BCUT2D eigenvalue weighted by atomic mass is 10.1. The van der Waals surface area contributed by atoms with Gasteiger partial charge in [-0.1, -0.05) is 23.2 Å². The maximum Gasteiger partial charge on any atom is 0.166 e. The molecule has 9 heteroatoms. The second-order valence-corrected chi connectivity index (χ2v) is 7.65. The largest absolute Gasteiger partial charge is 0.482 e. The molecule has 1 aliphatic heterocycles. The van der Waals surface area contributed by atoms with Crippen LogP contribution < -0.4 is 16.2 Å². The van der Waals surface area contributed by atoms with Gasteiger partial charge in [-0.25, -0.2) is 9.37 Å². The van der Waals surface area contributed by atoms with Crippen LogP contribution in [0.2, 0.25) is 10.0 Å². The van der Waals surface area contributed by atoms with Crippen molar-refractivity contribution >= 4 is 40.8 Å². The maximum atomic E-state index is 13.9. The van der Waals surface area contributed by atoms with E-state index in [9.17, 15) is 4.39 Å². The fourth-order valence-electron chi connectivity index (χ4n) is 3.11. The molecule has 0 spiro atoms. The average molecular weight is 453 g/mol. The quantitative estimate of drug-likeness (QED) is 0.484. The van der Waals surface area contributed by atoms with Crippen molar-refractivity contribution in [1.29, 1.82) is 0 Å². The number of hydrogen-bond donors (Lipinski definition) is 2. The van der Waals surface area contributed by atoms with Crippen molar-refractivity contribution in [2.45, 2.75) is 31.9 Å². The highest BCUT2D eigenvalue weighted by atomic mass is 35.5. The van der Waals surface area contributed by atoms with E-state index < -0.39 is 11.9 Å². The van der Waals surface area contributed by atoms with Crippen LogP contribution in [0.3, 0.4) is 0 Å². The first kappa shape index (κ1) is 22.3. The number of rotatable bonds is 6. The van der Waals surface area contributed by atoms with Crippen molar-refractivity contribution in [3.8, 4) is 5.75 Å². The normalized spacial score (nSPS) is 16.7. The Bertz CT molecular complexity index is 962. The number of anilines is 1. The zero-order chi connectivity index (χ0) is 21.7. The van der Waals surface area contributed by atoms with E-state index in [0.29, 0.717) is 40.7 Å². The molecule has 0 saturated carbocycles. The molecule has 6 nitrogen and oxygen atoms in total. The molecule has 0 unspecified atom stereocenters. The SMILES string of the molecule is C[C@@H](Oc1cc(C(C=NC2CCOCC2)=CN)cnc1N)c1c(Cl)ccc(F)c1Cl. The molecular formula is C21H23Cl2FN4O2. The van der Waals surface area contributed by atoms with Gasteiger partial charge in [-0.2, -0.15) is 0 Å². The van der Waals surface area contributed by atoms with Gasteiger partial charge >= 0.3 is 0 Å². The molecule has 4 N–H and O–H groups in total. The van der Waals surface area contributed by atoms with Gasteiger partial charge in [0.2, 0.25) is 0 Å². The molecule has 0 aliphatic carbocycles. The van der Waals surface area contributed by atoms with Gasteiger partial charge in [0.15, 0.2) is 11.6 Å². The van der Waals surface area contributed by atoms with E-state index in [2.05, 4.69) is 9.98 Å². The van der Waals surface area contributed by atoms with Crippen molar-refractivity contribution in [2.75, 3.05) is 18.9 Å². The number of nitrogens with zero attached hydrogens (tertiary/aromatic N) is 2. The zero-order valence-corrected chi connectivity index (χ0v) is 18.0. The van der Waals surface area contributed by atoms with Crippen molar-refractivity contribution in [2.24, 2.45) is 10.7 Å². The minimum absolute atomic E-state index is 0.0937. The summed E-state index contributed by atoms with van der Waals surface area (Å²) in [4.78, 5) is 8.78. The van der Waals surface area contributed by atoms with Crippen LogP contribution in [-0.2, 0) is 4.74 Å². The lowest BCUT2D eigenvalue weighted by Crippen LogP contribution is -2.18. The number of benzene rings is 1. The Morgan fingerprint density at radius 2 is 2.10 bits per heavy atom. The van der Waals surface area contributed by atoms with E-state index in [1.807, 2.05) is 0 Å². The van der Waals surface area contributed by atoms with Crippen LogP contribution >= 0.6 is 23.2 Å². The number of allylic oxidation sites excluding steroid dienone is 1. The molecule has 1 aromatic heterocycles. The Kier molecular flexibility index (Phi) is 7.53. The highest BCUT2D eigenvalue weighted by Gasteiger charge is 2.20. The lowest BCUT2D eigenvalue weighted by molar-refractivity contribution is 0.0872. The molecule has 0 bridgehead atoms. The van der Waals surface area contributed by atoms with E-state index in [-0.39, 0.29) is 16.9 Å². The summed E-state index contributed by atoms with van der Waals surface area (Å²) >= 11 is 12.3.